The molecule has 2 amide bonds. The minimum atomic E-state index is -4.80. The summed E-state index contributed by atoms with van der Waals surface area (Å²) in [6.45, 7) is 43.9. The third kappa shape index (κ3) is 33.3. The number of ether oxygens (including phenoxy) is 4. The Morgan fingerprint density at radius 1 is 0.653 bits per heavy atom. The molecule has 7 unspecified atom stereocenters. The number of aliphatic imine (C=N–C) groups is 3. The smallest absolute Gasteiger partial charge is 0.537 e. The molecule has 6 aliphatic carbocycles. The van der Waals surface area contributed by atoms with Crippen LogP contribution in [0.2, 0.25) is 5.02 Å². The summed E-state index contributed by atoms with van der Waals surface area (Å²) in [7, 11) is 5.97. The van der Waals surface area contributed by atoms with E-state index in [1.54, 1.807) is 50.8 Å². The number of amides is 2. The number of methoxy groups -OCH3 is 3. The lowest BCUT2D eigenvalue weighted by molar-refractivity contribution is -0.306. The third-order valence-electron chi connectivity index (χ3n) is 28.3. The quantitative estimate of drug-likeness (QED) is 0.00790. The van der Waals surface area contributed by atoms with Crippen molar-refractivity contribution < 1.29 is 71.4 Å². The molecule has 5 heterocycles. The van der Waals surface area contributed by atoms with Crippen LogP contribution >= 0.6 is 108 Å². The number of thiocarbonyl (C=S) groups is 3. The molecule has 6 spiro atoms. The Morgan fingerprint density at radius 2 is 1.09 bits per heavy atom. The summed E-state index contributed by atoms with van der Waals surface area (Å²) in [5.74, 6) is 2.83. The number of amidine groups is 2. The van der Waals surface area contributed by atoms with Gasteiger partial charge >= 0.3 is 31.9 Å². The maximum atomic E-state index is 12.5. The second-order valence-electron chi connectivity index (χ2n) is 39.3. The lowest BCUT2D eigenvalue weighted by atomic mass is 9.61. The molecule has 29 nitrogen and oxygen atoms in total. The van der Waals surface area contributed by atoms with Gasteiger partial charge in [-0.25, -0.2) is 32.2 Å². The van der Waals surface area contributed by atoms with Crippen LogP contribution in [0.25, 0.3) is 9.69 Å². The number of hydrogen-bond donors (Lipinski definition) is 11. The molecular weight excluding hydrogens is 2140 g/mol. The predicted octanol–water partition coefficient (Wildman–Crippen LogP) is 20.1. The molecule has 42 heteroatoms. The Bertz CT molecular complexity index is 5030. The Hall–Kier alpha value is -6.92. The van der Waals surface area contributed by atoms with Gasteiger partial charge in [0.15, 0.2) is 22.7 Å². The van der Waals surface area contributed by atoms with Crippen LogP contribution in [0.4, 0.5) is 22.4 Å². The van der Waals surface area contributed by atoms with Gasteiger partial charge in [0.2, 0.25) is 0 Å². The van der Waals surface area contributed by atoms with E-state index >= 15 is 0 Å². The minimum absolute atomic E-state index is 0. The van der Waals surface area contributed by atoms with Crippen molar-refractivity contribution in [2.75, 3.05) is 86.8 Å². The first-order valence-corrected chi connectivity index (χ1v) is 53.7. The zero-order chi connectivity index (χ0) is 106. The number of rotatable bonds is 19. The van der Waals surface area contributed by atoms with Crippen molar-refractivity contribution in [2.24, 2.45) is 83.7 Å². The van der Waals surface area contributed by atoms with Gasteiger partial charge in [-0.2, -0.15) is 23.7 Å². The van der Waals surface area contributed by atoms with Gasteiger partial charge in [0.25, 0.3) is 6.54 Å². The molecule has 799 valence electrons. The molecule has 4 aromatic carbocycles. The molecule has 3 saturated carbocycles. The highest BCUT2D eigenvalue weighted by atomic mass is 79.9. The summed E-state index contributed by atoms with van der Waals surface area (Å²) in [6.07, 6.45) is 19.3. The number of carbonyl (C=O) groups excluding carboxylic acids is 2. The van der Waals surface area contributed by atoms with Gasteiger partial charge in [0.05, 0.1) is 28.1 Å². The molecule has 11 aliphatic rings. The number of benzene rings is 4. The average molecular weight is 2300 g/mol. The van der Waals surface area contributed by atoms with E-state index in [9.17, 15) is 27.2 Å². The normalized spacial score (nSPS) is 24.7. The number of nitrogens with zero attached hydrogens (tertiary/aromatic N) is 9. The summed E-state index contributed by atoms with van der Waals surface area (Å²) in [6, 6.07) is 26.8. The fourth-order valence-electron chi connectivity index (χ4n) is 20.0. The lowest BCUT2D eigenvalue weighted by Gasteiger charge is -2.48. The van der Waals surface area contributed by atoms with Crippen molar-refractivity contribution in [1.82, 2.24) is 37.2 Å². The van der Waals surface area contributed by atoms with E-state index in [-0.39, 0.29) is 81.4 Å². The van der Waals surface area contributed by atoms with Crippen LogP contribution in [0, 0.1) is 87.5 Å². The summed E-state index contributed by atoms with van der Waals surface area (Å²) in [5.41, 5.74) is 29.1. The van der Waals surface area contributed by atoms with E-state index in [1.165, 1.54) is 45.3 Å². The van der Waals surface area contributed by atoms with Crippen LogP contribution in [0.15, 0.2) is 101 Å². The van der Waals surface area contributed by atoms with Crippen LogP contribution in [-0.2, 0) is 64.5 Å². The molecule has 0 bridgehead atoms. The third-order valence-corrected chi connectivity index (χ3v) is 32.0. The SMILES string of the molecule is CC(C)(C)OO.CCC(CC)CNC(=O)OC(C)(C)C.CCC(CN)CN.CCC(CN)CNC(=O)C(F)(F)F.CCC1CN=C2N(C1)C(=S)NC21c2cc(Br)ccc2CC12CCC(OC)CC2.CCC1CN=C2N(C1)C(N)=NC21c2cc(Br)ccc2CC12CCC(OC)CC2.COC1CCC2(CC1)Cc1ccc(Br)cc1C21NC(=S)SC1=S.N.O.O[B]Oc1cc(F)cc(Cl)c1.[C-]#[N+]C(C#N)CC.[C-]#[N+]CC#N. The minimum Gasteiger partial charge on any atom is -0.537 e. The highest BCUT2D eigenvalue weighted by Crippen LogP contribution is 2.66. The fourth-order valence-corrected chi connectivity index (χ4v) is 23.7. The highest BCUT2D eigenvalue weighted by Gasteiger charge is 2.69. The van der Waals surface area contributed by atoms with Crippen molar-refractivity contribution >= 4 is 159 Å². The standard InChI is InChI=1S/C22H29BrN4O.C22H28BrN3OS.C17H18BrNOS3.C11H23NO2.C7H13F3N2O.C6H4BClFO2.C5H6N2.C5H14N2.C4H10O2.C3H2N2.H3N.H2O/c1-3-14-12-25-19-22(26-20(24)27(19)13-14)18-10-16(23)5-4-15(18)11-21(22)8-6-17(28-2)7-9-21;1-3-14-12-24-19-22(25-20(28)26(19)13-14)18-10-16(23)5-4-15(18)11-21(22)8-6-17(27-2)7-9-21;1-20-12-4-6-16(7-5-12)9-10-2-3-11(18)8-13(10)17(16)14(21)23-15(22)19-17;1-6-9(7-2)8-12-10(13)14-11(3,4)5;1-2-5(3-11)4-12-6(13)7(8,9)10;8-4-1-5(9)3-6(2-4)11-7-10;1-3-5(4-6)7-2;1-2-5(3-6)4-7;1-4(2,3)6-5;1-5-3-2-4;;/h4-5,10,14,17H,3,6-9,11-13H2,1-2H3,(H2,24,26);4-5,10,14,17H,3,6-9,11-13H2,1-2H3,(H,25,28);2-3,8,12H,4-7,9H2,1H3,(H,19,22);9H,6-8H2,1-5H3,(H,12,13);5H,2-4,11H2,1H3,(H,12,13);1-3,10H;5H,3H2,1H3;5H,2-4,6-7H2,1H3;5H,1-3H3;3H2;1H3;1H2. The fraction of sp³-hybridized carbons (Fsp3) is 0.647. The zero-order valence-corrected chi connectivity index (χ0v) is 95.0. The number of fused-ring (bicyclic) bond motifs is 13. The first-order chi connectivity index (χ1) is 67.2. The number of hydrogen-bond acceptors (Lipinski definition) is 25. The Balaban J connectivity index is 0.000000351. The van der Waals surface area contributed by atoms with E-state index in [4.69, 9.17) is 139 Å². The second kappa shape index (κ2) is 60.2. The highest BCUT2D eigenvalue weighted by molar-refractivity contribution is 9.11. The second-order valence-corrected chi connectivity index (χ2v) is 45.2. The molecule has 5 aliphatic heterocycles. The van der Waals surface area contributed by atoms with E-state index < -0.39 is 40.7 Å². The summed E-state index contributed by atoms with van der Waals surface area (Å²) >= 11 is 35.3. The summed E-state index contributed by atoms with van der Waals surface area (Å²) in [4.78, 5) is 51.4. The Morgan fingerprint density at radius 3 is 1.46 bits per heavy atom. The van der Waals surface area contributed by atoms with Crippen molar-refractivity contribution in [3.8, 4) is 17.9 Å². The van der Waals surface area contributed by atoms with Crippen LogP contribution in [0.3, 0.4) is 0 Å². The summed E-state index contributed by atoms with van der Waals surface area (Å²) < 4.78 is 79.2. The van der Waals surface area contributed by atoms with Gasteiger partial charge in [-0.05, 0) is 294 Å². The molecule has 19 N–H and O–H groups in total. The molecule has 0 aromatic heterocycles. The molecule has 7 atom stereocenters. The number of alkyl carbamates (subject to hydrolysis) is 1. The first kappa shape index (κ1) is 129. The monoisotopic (exact) mass is 2290 g/mol. The Kier molecular flexibility index (Phi) is 54.1. The van der Waals surface area contributed by atoms with E-state index in [2.05, 4.69) is 182 Å². The van der Waals surface area contributed by atoms with Crippen LogP contribution in [-0.4, -0.2) is 205 Å². The molecule has 1 radical (unpaired) electrons. The number of nitriles is 2. The van der Waals surface area contributed by atoms with E-state index in [1.807, 2.05) is 55.1 Å². The van der Waals surface area contributed by atoms with Gasteiger partial charge in [-0.1, -0.05) is 188 Å². The number of halogens is 8. The van der Waals surface area contributed by atoms with Crippen molar-refractivity contribution in [3.05, 3.63) is 153 Å². The van der Waals surface area contributed by atoms with Gasteiger partial charge in [-0.3, -0.25) is 29.8 Å². The molecular formula is C102H152BBr3ClF4N18O11S4. The van der Waals surface area contributed by atoms with Crippen molar-refractivity contribution in [1.29, 1.82) is 10.5 Å². The summed E-state index contributed by atoms with van der Waals surface area (Å²) in [5, 5.41) is 44.9. The maximum Gasteiger partial charge on any atom is 0.569 e. The van der Waals surface area contributed by atoms with Gasteiger partial charge in [0.1, 0.15) is 50.3 Å². The van der Waals surface area contributed by atoms with Gasteiger partial charge < -0.3 is 94.2 Å². The molecule has 2 saturated heterocycles. The predicted molar refractivity (Wildman–Crippen MR) is 590 cm³/mol. The van der Waals surface area contributed by atoms with E-state index in [0.29, 0.717) is 75.0 Å². The number of thioether (sulfide) groups is 1. The van der Waals surface area contributed by atoms with Crippen LogP contribution in [0.5, 0.6) is 5.75 Å². The zero-order valence-electron chi connectivity index (χ0n) is 86.2. The molecule has 4 aromatic rings. The largest absolute Gasteiger partial charge is 0.569 e. The molecule has 144 heavy (non-hydrogen) atoms. The van der Waals surface area contributed by atoms with Gasteiger partial charge in [0, 0.05) is 108 Å². The van der Waals surface area contributed by atoms with Crippen molar-refractivity contribution in [3.63, 3.8) is 0 Å². The number of nitrogens with one attached hydrogen (secondary N) is 4. The molecule has 15 rings (SSSR count). The maximum absolute atomic E-state index is 12.5. The number of nitrogens with two attached hydrogens (primary N) is 4. The van der Waals surface area contributed by atoms with Crippen LogP contribution in [0.1, 0.15) is 245 Å². The number of carbonyl (C=O) groups is 2. The first-order valence-electron chi connectivity index (χ1n) is 48.9. The molecule has 5 fully saturated rings. The average Bonchev–Trinajstić information content (AvgIpc) is 1.52. The van der Waals surface area contributed by atoms with E-state index in [0.717, 1.165) is 213 Å². The number of guanidine groups is 1. The van der Waals surface area contributed by atoms with Crippen molar-refractivity contribution in [2.45, 2.75) is 290 Å². The van der Waals surface area contributed by atoms with Gasteiger partial charge in [-0.15, -0.1) is 0 Å². The lowest BCUT2D eigenvalue weighted by Crippen LogP contribution is -2.57. The van der Waals surface area contributed by atoms with Crippen LogP contribution < -0.4 is 55.0 Å². The Labute approximate surface area is 902 Å². The topological polar surface area (TPSA) is 449 Å². The number of alkyl halides is 3.